The van der Waals surface area contributed by atoms with Gasteiger partial charge in [-0.1, -0.05) is 48.5 Å². The monoisotopic (exact) mass is 478 g/mol. The molecule has 1 aromatic heterocycles. The number of likely N-dealkylation sites (N-methyl/N-ethyl adjacent to an activating group) is 1. The molecule has 180 valence electrons. The van der Waals surface area contributed by atoms with Crippen molar-refractivity contribution in [1.29, 1.82) is 0 Å². The maximum atomic E-state index is 13.8. The van der Waals surface area contributed by atoms with Crippen molar-refractivity contribution in [3.8, 4) is 16.9 Å². The number of pyridine rings is 1. The van der Waals surface area contributed by atoms with Gasteiger partial charge >= 0.3 is 0 Å². The fourth-order valence-electron chi connectivity index (χ4n) is 5.23. The summed E-state index contributed by atoms with van der Waals surface area (Å²) in [6.45, 7) is 3.93. The van der Waals surface area contributed by atoms with Gasteiger partial charge in [-0.15, -0.1) is 0 Å². The van der Waals surface area contributed by atoms with E-state index in [4.69, 9.17) is 0 Å². The number of carbonyl (C=O) groups excluding carboxylic acids is 2. The number of ketones is 1. The Morgan fingerprint density at radius 1 is 0.833 bits per heavy atom. The summed E-state index contributed by atoms with van der Waals surface area (Å²) in [7, 11) is 2.08. The second-order valence-electron chi connectivity index (χ2n) is 9.46. The van der Waals surface area contributed by atoms with Crippen molar-refractivity contribution in [1.82, 2.24) is 14.4 Å². The van der Waals surface area contributed by atoms with E-state index in [-0.39, 0.29) is 17.2 Å². The van der Waals surface area contributed by atoms with E-state index in [2.05, 4.69) is 22.2 Å². The van der Waals surface area contributed by atoms with Crippen molar-refractivity contribution in [2.24, 2.45) is 0 Å². The Kier molecular flexibility index (Phi) is 5.51. The molecule has 1 amide bonds. The van der Waals surface area contributed by atoms with Crippen molar-refractivity contribution in [3.63, 3.8) is 0 Å². The summed E-state index contributed by atoms with van der Waals surface area (Å²) in [5.74, 6) is -0.171. The molecule has 36 heavy (non-hydrogen) atoms. The quantitative estimate of drug-likeness (QED) is 0.429. The van der Waals surface area contributed by atoms with Crippen LogP contribution >= 0.6 is 0 Å². The fraction of sp³-hybridized carbons (Fsp3) is 0.207. The van der Waals surface area contributed by atoms with Crippen molar-refractivity contribution in [3.05, 3.63) is 94.3 Å². The van der Waals surface area contributed by atoms with Gasteiger partial charge in [0.2, 0.25) is 5.91 Å². The van der Waals surface area contributed by atoms with Gasteiger partial charge in [-0.05, 0) is 31.3 Å². The number of piperazine rings is 1. The van der Waals surface area contributed by atoms with Gasteiger partial charge in [0.05, 0.1) is 23.5 Å². The standard InChI is InChI=1S/C29H26N4O3/c1-31-13-15-32(16-14-31)18-25(34)30-19-7-6-8-20(17-19)33-27-22-10-3-4-11-23(22)28(35)26(27)21-9-2-5-12-24(21)29(33)36/h2-12,17H,13-16,18H2,1H3,(H,30,34). The Morgan fingerprint density at radius 3 is 2.31 bits per heavy atom. The van der Waals surface area contributed by atoms with Crippen LogP contribution in [0.25, 0.3) is 27.7 Å². The number of anilines is 1. The third-order valence-corrected chi connectivity index (χ3v) is 7.10. The Bertz CT molecular complexity index is 1580. The van der Waals surface area contributed by atoms with Crippen LogP contribution in [-0.4, -0.2) is 65.8 Å². The summed E-state index contributed by atoms with van der Waals surface area (Å²) in [5.41, 5.74) is 3.48. The topological polar surface area (TPSA) is 74.7 Å². The first kappa shape index (κ1) is 22.4. The maximum absolute atomic E-state index is 13.8. The molecule has 1 aliphatic heterocycles. The van der Waals surface area contributed by atoms with Crippen LogP contribution in [0, 0.1) is 0 Å². The second-order valence-corrected chi connectivity index (χ2v) is 9.46. The molecule has 0 bridgehead atoms. The molecular formula is C29H26N4O3. The molecular weight excluding hydrogens is 452 g/mol. The van der Waals surface area contributed by atoms with Crippen LogP contribution in [0.5, 0.6) is 0 Å². The third kappa shape index (κ3) is 3.73. The van der Waals surface area contributed by atoms with Gasteiger partial charge in [-0.25, -0.2) is 0 Å². The molecule has 4 aromatic rings. The van der Waals surface area contributed by atoms with Gasteiger partial charge in [0, 0.05) is 53.8 Å². The van der Waals surface area contributed by atoms with Crippen molar-refractivity contribution in [2.75, 3.05) is 45.1 Å². The molecule has 0 spiro atoms. The number of nitrogens with one attached hydrogen (secondary N) is 1. The molecule has 0 unspecified atom stereocenters. The zero-order valence-electron chi connectivity index (χ0n) is 20.0. The summed E-state index contributed by atoms with van der Waals surface area (Å²) in [6.07, 6.45) is 0. The second kappa shape index (κ2) is 8.86. The molecule has 1 N–H and O–H groups in total. The molecule has 1 saturated heterocycles. The summed E-state index contributed by atoms with van der Waals surface area (Å²) < 4.78 is 1.61. The average Bonchev–Trinajstić information content (AvgIpc) is 3.18. The Balaban J connectivity index is 1.42. The summed E-state index contributed by atoms with van der Waals surface area (Å²) in [4.78, 5) is 44.4. The van der Waals surface area contributed by atoms with E-state index in [1.807, 2.05) is 54.6 Å². The molecule has 2 aliphatic rings. The molecule has 6 rings (SSSR count). The number of benzene rings is 3. The van der Waals surface area contributed by atoms with Crippen molar-refractivity contribution in [2.45, 2.75) is 0 Å². The lowest BCUT2D eigenvalue weighted by atomic mass is 10.0. The number of carbonyl (C=O) groups is 2. The molecule has 0 radical (unpaired) electrons. The minimum Gasteiger partial charge on any atom is -0.325 e. The normalized spacial score (nSPS) is 15.6. The van der Waals surface area contributed by atoms with Crippen LogP contribution < -0.4 is 10.9 Å². The van der Waals surface area contributed by atoms with E-state index >= 15 is 0 Å². The zero-order chi connectivity index (χ0) is 24.8. The predicted molar refractivity (Wildman–Crippen MR) is 141 cm³/mol. The first-order valence-electron chi connectivity index (χ1n) is 12.1. The minimum atomic E-state index is -0.199. The Morgan fingerprint density at radius 2 is 1.53 bits per heavy atom. The van der Waals surface area contributed by atoms with E-state index in [0.29, 0.717) is 45.5 Å². The van der Waals surface area contributed by atoms with E-state index in [1.165, 1.54) is 0 Å². The van der Waals surface area contributed by atoms with Crippen LogP contribution in [0.15, 0.2) is 77.6 Å². The van der Waals surface area contributed by atoms with E-state index in [1.54, 1.807) is 22.8 Å². The van der Waals surface area contributed by atoms with Gasteiger partial charge < -0.3 is 10.2 Å². The first-order chi connectivity index (χ1) is 17.5. The number of fused-ring (bicyclic) bond motifs is 5. The van der Waals surface area contributed by atoms with Gasteiger partial charge in [0.15, 0.2) is 5.78 Å². The molecule has 0 saturated carbocycles. The first-order valence-corrected chi connectivity index (χ1v) is 12.1. The molecule has 1 aliphatic carbocycles. The number of aromatic nitrogens is 1. The van der Waals surface area contributed by atoms with Crippen molar-refractivity contribution >= 4 is 28.2 Å². The molecule has 1 fully saturated rings. The van der Waals surface area contributed by atoms with E-state index < -0.39 is 0 Å². The SMILES string of the molecule is CN1CCN(CC(=O)Nc2cccc(-n3c4c(c5ccccc5c3=O)C(=O)c3ccccc3-4)c2)CC1. The van der Waals surface area contributed by atoms with Gasteiger partial charge in [-0.3, -0.25) is 23.9 Å². The van der Waals surface area contributed by atoms with Crippen LogP contribution in [0.4, 0.5) is 5.69 Å². The smallest absolute Gasteiger partial charge is 0.263 e. The van der Waals surface area contributed by atoms with Crippen LogP contribution in [0.1, 0.15) is 15.9 Å². The number of amides is 1. The highest BCUT2D eigenvalue weighted by molar-refractivity contribution is 6.26. The van der Waals surface area contributed by atoms with Gasteiger partial charge in [-0.2, -0.15) is 0 Å². The lowest BCUT2D eigenvalue weighted by Gasteiger charge is -2.31. The third-order valence-electron chi connectivity index (χ3n) is 7.10. The Labute approximate surface area is 208 Å². The van der Waals surface area contributed by atoms with E-state index in [9.17, 15) is 14.4 Å². The van der Waals surface area contributed by atoms with Crippen molar-refractivity contribution < 1.29 is 9.59 Å². The highest BCUT2D eigenvalue weighted by atomic mass is 16.2. The summed E-state index contributed by atoms with van der Waals surface area (Å²) >= 11 is 0. The highest BCUT2D eigenvalue weighted by Gasteiger charge is 2.32. The Hall–Kier alpha value is -4.07. The number of rotatable bonds is 4. The summed E-state index contributed by atoms with van der Waals surface area (Å²) in [6, 6.07) is 21.9. The summed E-state index contributed by atoms with van der Waals surface area (Å²) in [5, 5.41) is 4.13. The molecule has 3 aromatic carbocycles. The zero-order valence-corrected chi connectivity index (χ0v) is 20.0. The molecule has 7 heteroatoms. The van der Waals surface area contributed by atoms with Crippen LogP contribution in [0.3, 0.4) is 0 Å². The number of nitrogens with zero attached hydrogens (tertiary/aromatic N) is 3. The molecule has 0 atom stereocenters. The number of hydrogen-bond acceptors (Lipinski definition) is 5. The van der Waals surface area contributed by atoms with Crippen LogP contribution in [0.2, 0.25) is 0 Å². The maximum Gasteiger partial charge on any atom is 0.263 e. The minimum absolute atomic E-state index is 0.0813. The van der Waals surface area contributed by atoms with E-state index in [0.717, 1.165) is 31.7 Å². The number of hydrogen-bond donors (Lipinski definition) is 1. The van der Waals surface area contributed by atoms with Gasteiger partial charge in [0.25, 0.3) is 5.56 Å². The predicted octanol–water partition coefficient (Wildman–Crippen LogP) is 3.39. The van der Waals surface area contributed by atoms with Crippen LogP contribution in [-0.2, 0) is 4.79 Å². The fourth-order valence-corrected chi connectivity index (χ4v) is 5.23. The van der Waals surface area contributed by atoms with Gasteiger partial charge in [0.1, 0.15) is 0 Å². The molecule has 7 nitrogen and oxygen atoms in total. The lowest BCUT2D eigenvalue weighted by molar-refractivity contribution is -0.117. The highest BCUT2D eigenvalue weighted by Crippen LogP contribution is 2.40. The average molecular weight is 479 g/mol. The molecule has 2 heterocycles. The lowest BCUT2D eigenvalue weighted by Crippen LogP contribution is -2.47. The largest absolute Gasteiger partial charge is 0.325 e.